The Hall–Kier alpha value is -1.88. The van der Waals surface area contributed by atoms with Crippen LogP contribution in [0.2, 0.25) is 10.0 Å². The summed E-state index contributed by atoms with van der Waals surface area (Å²) in [7, 11) is 0. The minimum atomic E-state index is -4.45. The number of nitrogens with zero attached hydrogens (tertiary/aromatic N) is 1. The van der Waals surface area contributed by atoms with E-state index in [0.29, 0.717) is 18.0 Å². The first-order valence-electron chi connectivity index (χ1n) is 10.4. The molecule has 0 amide bonds. The lowest BCUT2D eigenvalue weighted by molar-refractivity contribution is -0.334. The third-order valence-corrected chi connectivity index (χ3v) is 7.78. The van der Waals surface area contributed by atoms with Crippen molar-refractivity contribution in [3.05, 3.63) is 50.3 Å². The molecular formula is C22H19Cl2F4NO4S. The molecule has 2 atom stereocenters. The van der Waals surface area contributed by atoms with Gasteiger partial charge in [-0.05, 0) is 24.1 Å². The molecule has 184 valence electrons. The highest BCUT2D eigenvalue weighted by Gasteiger charge is 2.74. The number of esters is 2. The molecule has 2 aromatic rings. The summed E-state index contributed by atoms with van der Waals surface area (Å²) in [6.07, 6.45) is -2.82. The summed E-state index contributed by atoms with van der Waals surface area (Å²) in [5.41, 5.74) is 0.997. The summed E-state index contributed by atoms with van der Waals surface area (Å²) in [6, 6.07) is 4.97. The van der Waals surface area contributed by atoms with Crippen LogP contribution in [0.1, 0.15) is 41.8 Å². The van der Waals surface area contributed by atoms with Crippen LogP contribution >= 0.6 is 34.5 Å². The smallest absolute Gasteiger partial charge is 0.346 e. The minimum Gasteiger partial charge on any atom is -0.454 e. The van der Waals surface area contributed by atoms with Gasteiger partial charge < -0.3 is 9.47 Å². The van der Waals surface area contributed by atoms with Crippen LogP contribution in [-0.4, -0.2) is 41.3 Å². The van der Waals surface area contributed by atoms with Gasteiger partial charge in [-0.15, -0.1) is 11.3 Å². The lowest BCUT2D eigenvalue weighted by Gasteiger charge is -2.43. The molecule has 1 aromatic heterocycles. The fourth-order valence-electron chi connectivity index (χ4n) is 3.91. The van der Waals surface area contributed by atoms with E-state index in [2.05, 4.69) is 0 Å². The summed E-state index contributed by atoms with van der Waals surface area (Å²) in [4.78, 5) is 27.3. The molecule has 1 saturated carbocycles. The lowest BCUT2D eigenvalue weighted by atomic mass is 9.85. The molecule has 0 radical (unpaired) electrons. The minimum absolute atomic E-state index is 0.0329. The molecular weight excluding hydrogens is 521 g/mol. The molecule has 0 bridgehead atoms. The van der Waals surface area contributed by atoms with Crippen LogP contribution in [0, 0.1) is 0 Å². The quantitative estimate of drug-likeness (QED) is 0.330. The highest BCUT2D eigenvalue weighted by molar-refractivity contribution is 7.14. The maximum absolute atomic E-state index is 13.8. The second-order valence-electron chi connectivity index (χ2n) is 8.06. The van der Waals surface area contributed by atoms with E-state index in [1.807, 2.05) is 0 Å². The largest absolute Gasteiger partial charge is 0.454 e. The molecule has 1 aliphatic heterocycles. The number of alkyl halides is 4. The molecule has 1 aliphatic carbocycles. The number of hydrogen-bond acceptors (Lipinski definition) is 6. The first kappa shape index (κ1) is 25.2. The zero-order chi connectivity index (χ0) is 24.8. The molecule has 5 nitrogen and oxygen atoms in total. The molecule has 0 N–H and O–H groups in total. The summed E-state index contributed by atoms with van der Waals surface area (Å²) >= 11 is 13.7. The average Bonchev–Trinajstić information content (AvgIpc) is 3.17. The monoisotopic (exact) mass is 539 g/mol. The van der Waals surface area contributed by atoms with Gasteiger partial charge in [0.15, 0.2) is 11.2 Å². The molecule has 2 aliphatic rings. The Labute approximate surface area is 206 Å². The normalized spacial score (nSPS) is 21.8. The van der Waals surface area contributed by atoms with E-state index in [0.717, 1.165) is 10.4 Å². The zero-order valence-corrected chi connectivity index (χ0v) is 20.1. The summed E-state index contributed by atoms with van der Waals surface area (Å²) in [5.74, 6) is -10.2. The van der Waals surface area contributed by atoms with E-state index < -0.39 is 36.4 Å². The average molecular weight is 540 g/mol. The van der Waals surface area contributed by atoms with Gasteiger partial charge >= 0.3 is 23.8 Å². The van der Waals surface area contributed by atoms with Gasteiger partial charge in [-0.25, -0.2) is 4.79 Å². The van der Waals surface area contributed by atoms with Gasteiger partial charge in [-0.2, -0.15) is 17.6 Å². The fraction of sp³-hybridized carbons (Fsp3) is 0.455. The van der Waals surface area contributed by atoms with Crippen molar-refractivity contribution >= 4 is 46.5 Å². The number of carbonyl (C=O) groups is 2. The topological polar surface area (TPSA) is 55.8 Å². The van der Waals surface area contributed by atoms with Crippen molar-refractivity contribution in [1.82, 2.24) is 4.90 Å². The Balaban J connectivity index is 1.61. The Morgan fingerprint density at radius 2 is 2.00 bits per heavy atom. The predicted molar refractivity (Wildman–Crippen MR) is 118 cm³/mol. The van der Waals surface area contributed by atoms with Gasteiger partial charge in [0.1, 0.15) is 6.04 Å². The number of rotatable bonds is 6. The van der Waals surface area contributed by atoms with Crippen LogP contribution in [-0.2, 0) is 27.3 Å². The Bertz CT molecular complexity index is 1130. The van der Waals surface area contributed by atoms with Crippen molar-refractivity contribution in [3.8, 4) is 5.06 Å². The summed E-state index contributed by atoms with van der Waals surface area (Å²) < 4.78 is 64.3. The third kappa shape index (κ3) is 4.53. The van der Waals surface area contributed by atoms with E-state index in [-0.39, 0.29) is 34.5 Å². The molecule has 0 spiro atoms. The number of halogens is 6. The Kier molecular flexibility index (Phi) is 6.89. The van der Waals surface area contributed by atoms with Gasteiger partial charge in [0.25, 0.3) is 0 Å². The molecule has 0 saturated heterocycles. The zero-order valence-electron chi connectivity index (χ0n) is 17.8. The predicted octanol–water partition coefficient (Wildman–Crippen LogP) is 6.06. The fourth-order valence-corrected chi connectivity index (χ4v) is 5.35. The molecule has 12 heteroatoms. The number of hydrogen-bond donors (Lipinski definition) is 0. The molecule has 2 heterocycles. The first-order valence-corrected chi connectivity index (χ1v) is 12.0. The van der Waals surface area contributed by atoms with E-state index in [1.54, 1.807) is 17.9 Å². The summed E-state index contributed by atoms with van der Waals surface area (Å²) in [6.45, 7) is 2.17. The molecule has 2 unspecified atom stereocenters. The SMILES string of the molecule is CCC(=O)Oc1cc2c(s1)CCN(C(C(=O)OC1CC(F)(F)C1(F)F)c1cccc(Cl)c1Cl)C2. The van der Waals surface area contributed by atoms with E-state index in [4.69, 9.17) is 32.7 Å². The highest BCUT2D eigenvalue weighted by atomic mass is 35.5. The van der Waals surface area contributed by atoms with Gasteiger partial charge in [-0.3, -0.25) is 9.69 Å². The maximum Gasteiger partial charge on any atom is 0.346 e. The molecule has 1 aromatic carbocycles. The number of carbonyl (C=O) groups excluding carboxylic acids is 2. The van der Waals surface area contributed by atoms with Gasteiger partial charge in [0.2, 0.25) is 0 Å². The van der Waals surface area contributed by atoms with Crippen molar-refractivity contribution in [3.63, 3.8) is 0 Å². The molecule has 1 fully saturated rings. The van der Waals surface area contributed by atoms with Crippen LogP contribution in [0.5, 0.6) is 5.06 Å². The highest BCUT2D eigenvalue weighted by Crippen LogP contribution is 2.53. The van der Waals surface area contributed by atoms with Crippen molar-refractivity contribution in [1.29, 1.82) is 0 Å². The Morgan fingerprint density at radius 3 is 2.65 bits per heavy atom. The van der Waals surface area contributed by atoms with Crippen LogP contribution in [0.4, 0.5) is 17.6 Å². The van der Waals surface area contributed by atoms with Crippen LogP contribution < -0.4 is 4.74 Å². The van der Waals surface area contributed by atoms with Crippen molar-refractivity contribution in [2.24, 2.45) is 0 Å². The van der Waals surface area contributed by atoms with Crippen LogP contribution in [0.3, 0.4) is 0 Å². The molecule has 4 rings (SSSR count). The van der Waals surface area contributed by atoms with Crippen molar-refractivity contribution < 1.29 is 36.6 Å². The van der Waals surface area contributed by atoms with Crippen molar-refractivity contribution in [2.75, 3.05) is 6.54 Å². The van der Waals surface area contributed by atoms with Crippen molar-refractivity contribution in [2.45, 2.75) is 56.7 Å². The number of benzene rings is 1. The van der Waals surface area contributed by atoms with Crippen LogP contribution in [0.15, 0.2) is 24.3 Å². The third-order valence-electron chi connectivity index (χ3n) is 5.83. The Morgan fingerprint density at radius 1 is 1.26 bits per heavy atom. The van der Waals surface area contributed by atoms with Gasteiger partial charge in [-0.1, -0.05) is 42.3 Å². The van der Waals surface area contributed by atoms with Gasteiger partial charge in [0.05, 0.1) is 16.5 Å². The second-order valence-corrected chi connectivity index (χ2v) is 9.95. The summed E-state index contributed by atoms with van der Waals surface area (Å²) in [5, 5.41) is 0.583. The first-order chi connectivity index (χ1) is 15.9. The second kappa shape index (κ2) is 9.29. The maximum atomic E-state index is 13.8. The standard InChI is InChI=1S/C22H19Cl2F4NO4S/c1-2-16(30)33-17-8-11-10-29(7-6-14(11)34-17)19(12-4-3-5-13(23)18(12)24)20(31)32-15-9-21(25,26)22(15,27)28/h3-5,8,15,19H,2,6-7,9-10H2,1H3. The van der Waals surface area contributed by atoms with Gasteiger partial charge in [0, 0.05) is 30.0 Å². The lowest BCUT2D eigenvalue weighted by Crippen LogP contribution is -2.64. The number of fused-ring (bicyclic) bond motifs is 1. The number of ether oxygens (including phenoxy) is 2. The van der Waals surface area contributed by atoms with E-state index >= 15 is 0 Å². The van der Waals surface area contributed by atoms with E-state index in [1.165, 1.54) is 29.5 Å². The van der Waals surface area contributed by atoms with Crippen LogP contribution in [0.25, 0.3) is 0 Å². The molecule has 34 heavy (non-hydrogen) atoms. The number of thiophene rings is 1. The van der Waals surface area contributed by atoms with E-state index in [9.17, 15) is 27.2 Å².